The molecule has 8 heterocycles. The van der Waals surface area contributed by atoms with Gasteiger partial charge in [-0.1, -0.05) is 0 Å². The van der Waals surface area contributed by atoms with Crippen molar-refractivity contribution in [1.82, 2.24) is 34.4 Å². The van der Waals surface area contributed by atoms with E-state index in [2.05, 4.69) is 24.7 Å². The minimum atomic E-state index is -2.75. The van der Waals surface area contributed by atoms with E-state index in [1.165, 1.54) is 11.1 Å². The molecule has 6 aliphatic heterocycles. The topological polar surface area (TPSA) is 171 Å². The molecule has 67 heavy (non-hydrogen) atoms. The maximum absolute atomic E-state index is 16.1. The fourth-order valence-corrected chi connectivity index (χ4v) is 11.6. The second kappa shape index (κ2) is 17.7. The van der Waals surface area contributed by atoms with E-state index in [1.807, 2.05) is 18.0 Å². The number of nitrogen functional groups attached to an aromatic ring is 1. The normalized spacial score (nSPS) is 20.9. The number of carbonyl (C=O) groups is 4. The molecule has 1 atom stereocenters. The van der Waals surface area contributed by atoms with Gasteiger partial charge in [-0.05, 0) is 98.5 Å². The van der Waals surface area contributed by atoms with Crippen LogP contribution < -0.4 is 26.6 Å². The van der Waals surface area contributed by atoms with Crippen molar-refractivity contribution in [3.63, 3.8) is 0 Å². The van der Waals surface area contributed by atoms with Crippen molar-refractivity contribution >= 4 is 52.6 Å². The Balaban J connectivity index is 0.822. The Hall–Kier alpha value is -6.30. The van der Waals surface area contributed by atoms with E-state index in [9.17, 15) is 19.2 Å². The summed E-state index contributed by atoms with van der Waals surface area (Å²) in [6.07, 6.45) is 8.20. The molecule has 4 amide bonds. The molecule has 2 aromatic heterocycles. The number of carbonyl (C=O) groups excluding carboxylic acids is 4. The lowest BCUT2D eigenvalue weighted by Gasteiger charge is -2.39. The lowest BCUT2D eigenvalue weighted by molar-refractivity contribution is -0.137. The number of imide groups is 1. The zero-order valence-corrected chi connectivity index (χ0v) is 38.1. The molecular formula is C49H58F3N11O4. The number of piperidine rings is 3. The minimum absolute atomic E-state index is 0.00217. The number of alkyl halides is 2. The molecule has 0 saturated carbocycles. The van der Waals surface area contributed by atoms with Crippen molar-refractivity contribution in [3.8, 4) is 11.1 Å². The third-order valence-corrected chi connectivity index (χ3v) is 15.2. The molecule has 6 aliphatic rings. The number of aryl methyl sites for hydroxylation is 2. The molecule has 10 rings (SSSR count). The number of benzene rings is 2. The smallest absolute Gasteiger partial charge is 0.264 e. The summed E-state index contributed by atoms with van der Waals surface area (Å²) >= 11 is 0. The number of nitrogens with two attached hydrogens (primary N) is 2. The third-order valence-electron chi connectivity index (χ3n) is 15.2. The van der Waals surface area contributed by atoms with Crippen LogP contribution in [0.3, 0.4) is 0 Å². The lowest BCUT2D eigenvalue weighted by atomic mass is 9.92. The maximum Gasteiger partial charge on any atom is 0.264 e. The second-order valence-electron chi connectivity index (χ2n) is 19.1. The first kappa shape index (κ1) is 44.5. The number of anilines is 4. The largest absolute Gasteiger partial charge is 0.405 e. The summed E-state index contributed by atoms with van der Waals surface area (Å²) in [4.78, 5) is 60.1. The van der Waals surface area contributed by atoms with E-state index in [0.29, 0.717) is 90.9 Å². The van der Waals surface area contributed by atoms with Crippen LogP contribution in [0, 0.1) is 11.7 Å². The van der Waals surface area contributed by atoms with Crippen molar-refractivity contribution in [2.45, 2.75) is 96.3 Å². The van der Waals surface area contributed by atoms with Gasteiger partial charge in [0.25, 0.3) is 12.3 Å². The average molecular weight is 922 g/mol. The Morgan fingerprint density at radius 1 is 0.910 bits per heavy atom. The van der Waals surface area contributed by atoms with Crippen LogP contribution in [0.1, 0.15) is 108 Å². The van der Waals surface area contributed by atoms with Gasteiger partial charge in [0, 0.05) is 118 Å². The number of halogens is 3. The summed E-state index contributed by atoms with van der Waals surface area (Å²) in [6.45, 7) is 7.30. The molecule has 2 aromatic carbocycles. The van der Waals surface area contributed by atoms with Gasteiger partial charge < -0.3 is 40.5 Å². The van der Waals surface area contributed by atoms with Gasteiger partial charge in [0.15, 0.2) is 11.6 Å². The summed E-state index contributed by atoms with van der Waals surface area (Å²) < 4.78 is 50.2. The first-order chi connectivity index (χ1) is 32.3. The van der Waals surface area contributed by atoms with Gasteiger partial charge >= 0.3 is 0 Å². The molecule has 3 saturated heterocycles. The molecule has 0 spiro atoms. The van der Waals surface area contributed by atoms with Crippen LogP contribution in [0.15, 0.2) is 36.7 Å². The van der Waals surface area contributed by atoms with E-state index in [0.717, 1.165) is 74.4 Å². The van der Waals surface area contributed by atoms with Crippen molar-refractivity contribution < 1.29 is 32.3 Å². The van der Waals surface area contributed by atoms with E-state index in [1.54, 1.807) is 42.0 Å². The summed E-state index contributed by atoms with van der Waals surface area (Å²) in [5, 5.41) is 7.65. The number of fused-ring (bicyclic) bond motifs is 3. The van der Waals surface area contributed by atoms with Crippen LogP contribution in [0.5, 0.6) is 0 Å². The van der Waals surface area contributed by atoms with Gasteiger partial charge in [-0.25, -0.2) is 13.2 Å². The fourth-order valence-electron chi connectivity index (χ4n) is 11.6. The van der Waals surface area contributed by atoms with E-state index in [4.69, 9.17) is 16.6 Å². The Kier molecular flexibility index (Phi) is 11.8. The number of aromatic nitrogens is 3. The Morgan fingerprint density at radius 2 is 1.69 bits per heavy atom. The van der Waals surface area contributed by atoms with Crippen LogP contribution in [0.25, 0.3) is 17.2 Å². The molecule has 18 heteroatoms. The summed E-state index contributed by atoms with van der Waals surface area (Å²) in [7, 11) is 1.81. The SMILES string of the molecule is CC(=O)N1CCc2c(c(N3CCCc4cc(-c5cn(C)c(/C=C\N)c5N)c(C(F)F)cc43)nn2C2CCN(CC3CCN(c4ccc5c(c4F)CN(C4CCC(=O)NC4=O)C5=O)CC3)CC2)C1. The van der Waals surface area contributed by atoms with Crippen LogP contribution in [-0.2, 0) is 47.4 Å². The number of likely N-dealkylation sites (tertiary alicyclic amines) is 1. The molecule has 0 aliphatic carbocycles. The van der Waals surface area contributed by atoms with E-state index < -0.39 is 24.2 Å². The van der Waals surface area contributed by atoms with Crippen molar-refractivity contribution in [1.29, 1.82) is 0 Å². The molecule has 0 bridgehead atoms. The number of nitrogens with zero attached hydrogens (tertiary/aromatic N) is 8. The third kappa shape index (κ3) is 7.99. The van der Waals surface area contributed by atoms with E-state index >= 15 is 13.2 Å². The van der Waals surface area contributed by atoms with Crippen molar-refractivity contribution in [2.75, 3.05) is 61.3 Å². The molecule has 3 fully saturated rings. The Bertz CT molecular complexity index is 2680. The first-order valence-electron chi connectivity index (χ1n) is 23.6. The Morgan fingerprint density at radius 3 is 2.40 bits per heavy atom. The highest BCUT2D eigenvalue weighted by atomic mass is 19.3. The van der Waals surface area contributed by atoms with Gasteiger partial charge in [-0.3, -0.25) is 29.2 Å². The predicted molar refractivity (Wildman–Crippen MR) is 248 cm³/mol. The average Bonchev–Trinajstić information content (AvgIpc) is 3.96. The molecule has 4 aromatic rings. The fraction of sp³-hybridized carbons (Fsp3) is 0.490. The summed E-state index contributed by atoms with van der Waals surface area (Å²) in [5.74, 6) is -0.518. The standard InChI is InChI=1S/C49H58F3N11O4/c1-28(64)60-21-14-38-37(26-60)47(61-16-3-4-30-22-33(34(46(51)52)23-42(30)61)36-25-57(2)40(9-15-53)45(36)54)56-63(38)31-12-17-58(18-13-31)24-29-10-19-59(20-11-29)39-6-5-32-35(44(39)50)27-62(49(32)67)41-7-8-43(65)55-48(41)66/h5-6,9,15,22-23,25,29,31,41,46H,3-4,7-8,10-14,16-21,24,26-27,53-54H2,1-2H3,(H,55,65,66)/b15-9-. The van der Waals surface area contributed by atoms with Crippen molar-refractivity contribution in [2.24, 2.45) is 18.7 Å². The lowest BCUT2D eigenvalue weighted by Crippen LogP contribution is -2.52. The van der Waals surface area contributed by atoms with Crippen LogP contribution in [-0.4, -0.2) is 105 Å². The highest BCUT2D eigenvalue weighted by molar-refractivity contribution is 6.05. The zero-order chi connectivity index (χ0) is 46.8. The number of hydrogen-bond donors (Lipinski definition) is 3. The predicted octanol–water partition coefficient (Wildman–Crippen LogP) is 5.78. The minimum Gasteiger partial charge on any atom is -0.405 e. The van der Waals surface area contributed by atoms with Crippen LogP contribution in [0.4, 0.5) is 36.1 Å². The second-order valence-corrected chi connectivity index (χ2v) is 19.1. The quantitative estimate of drug-likeness (QED) is 0.175. The molecule has 354 valence electrons. The molecule has 5 N–H and O–H groups in total. The van der Waals surface area contributed by atoms with Gasteiger partial charge in [-0.15, -0.1) is 0 Å². The first-order valence-corrected chi connectivity index (χ1v) is 23.6. The molecular weight excluding hydrogens is 864 g/mol. The van der Waals surface area contributed by atoms with Crippen LogP contribution >= 0.6 is 0 Å². The Labute approximate surface area is 387 Å². The highest BCUT2D eigenvalue weighted by Gasteiger charge is 2.42. The van der Waals surface area contributed by atoms with Gasteiger partial charge in [-0.2, -0.15) is 5.10 Å². The van der Waals surface area contributed by atoms with Gasteiger partial charge in [0.05, 0.1) is 36.2 Å². The molecule has 15 nitrogen and oxygen atoms in total. The molecule has 1 unspecified atom stereocenters. The van der Waals surface area contributed by atoms with E-state index in [-0.39, 0.29) is 54.3 Å². The molecule has 0 radical (unpaired) electrons. The monoisotopic (exact) mass is 921 g/mol. The maximum atomic E-state index is 16.1. The van der Waals surface area contributed by atoms with Gasteiger partial charge in [0.1, 0.15) is 6.04 Å². The number of amides is 4. The number of rotatable bonds is 9. The van der Waals surface area contributed by atoms with Crippen molar-refractivity contribution in [3.05, 3.63) is 81.7 Å². The highest BCUT2D eigenvalue weighted by Crippen LogP contribution is 2.46. The summed E-state index contributed by atoms with van der Waals surface area (Å²) in [5.41, 5.74) is 18.9. The number of hydrogen-bond acceptors (Lipinski definition) is 10. The van der Waals surface area contributed by atoms with Gasteiger partial charge in [0.2, 0.25) is 17.7 Å². The zero-order valence-electron chi connectivity index (χ0n) is 38.1. The number of nitrogens with one attached hydrogen (secondary N) is 1. The van der Waals surface area contributed by atoms with Crippen LogP contribution in [0.2, 0.25) is 0 Å². The summed E-state index contributed by atoms with van der Waals surface area (Å²) in [6, 6.07) is 6.18.